The van der Waals surface area contributed by atoms with E-state index < -0.39 is 47.3 Å². The van der Waals surface area contributed by atoms with Gasteiger partial charge in [-0.2, -0.15) is 18.2 Å². The van der Waals surface area contributed by atoms with Crippen LogP contribution in [-0.2, 0) is 18.4 Å². The fourth-order valence-corrected chi connectivity index (χ4v) is 4.25. The van der Waals surface area contributed by atoms with Crippen molar-refractivity contribution in [2.24, 2.45) is 0 Å². The number of aromatic nitrogens is 2. The number of halogens is 6. The zero-order chi connectivity index (χ0) is 25.4. The summed E-state index contributed by atoms with van der Waals surface area (Å²) in [5, 5.41) is 11.9. The topological polar surface area (TPSA) is 91.9 Å². The second-order valence-electron chi connectivity index (χ2n) is 8.61. The highest BCUT2D eigenvalue weighted by Gasteiger charge is 2.39. The highest BCUT2D eigenvalue weighted by Crippen LogP contribution is 2.40. The molecule has 0 bridgehead atoms. The molecule has 192 valence electrons. The van der Waals surface area contributed by atoms with Crippen LogP contribution in [-0.4, -0.2) is 63.4 Å². The summed E-state index contributed by atoms with van der Waals surface area (Å²) in [6, 6.07) is 1.75. The SMILES string of the molecule is O=C(O)N1CCC(F)(c2cc(F)c(OC3CCN(Cc4nc(C(F)(F)F)no4)CC3)c(F)c2)CC1. The quantitative estimate of drug-likeness (QED) is 0.601. The van der Waals surface area contributed by atoms with Gasteiger partial charge in [-0.05, 0) is 30.5 Å². The highest BCUT2D eigenvalue weighted by atomic mass is 19.4. The lowest BCUT2D eigenvalue weighted by molar-refractivity contribution is -0.146. The van der Waals surface area contributed by atoms with Crippen LogP contribution in [0.4, 0.5) is 31.1 Å². The van der Waals surface area contributed by atoms with Gasteiger partial charge in [0.1, 0.15) is 11.8 Å². The number of alkyl halides is 4. The number of rotatable bonds is 5. The Morgan fingerprint density at radius 3 is 2.26 bits per heavy atom. The van der Waals surface area contributed by atoms with Crippen molar-refractivity contribution < 1.29 is 45.5 Å². The average Bonchev–Trinajstić information content (AvgIpc) is 3.27. The minimum absolute atomic E-state index is 0.00882. The first kappa shape index (κ1) is 25.1. The Kier molecular flexibility index (Phi) is 6.84. The predicted octanol–water partition coefficient (Wildman–Crippen LogP) is 4.35. The molecule has 1 amide bonds. The van der Waals surface area contributed by atoms with Crippen LogP contribution in [0.25, 0.3) is 0 Å². The molecule has 0 radical (unpaired) electrons. The first-order valence-corrected chi connectivity index (χ1v) is 10.9. The van der Waals surface area contributed by atoms with Gasteiger partial charge in [0, 0.05) is 39.0 Å². The Bertz CT molecular complexity index is 1040. The molecule has 0 unspecified atom stereocenters. The fourth-order valence-electron chi connectivity index (χ4n) is 4.25. The fraction of sp³-hybridized carbons (Fsp3) is 0.571. The molecule has 2 fully saturated rings. The average molecular weight is 508 g/mol. The molecule has 2 aromatic rings. The molecule has 2 saturated heterocycles. The van der Waals surface area contributed by atoms with Gasteiger partial charge in [0.15, 0.2) is 17.4 Å². The van der Waals surface area contributed by atoms with Crippen molar-refractivity contribution >= 4 is 6.09 Å². The second kappa shape index (κ2) is 9.55. The van der Waals surface area contributed by atoms with E-state index >= 15 is 4.39 Å². The Morgan fingerprint density at radius 1 is 1.14 bits per heavy atom. The van der Waals surface area contributed by atoms with Gasteiger partial charge in [-0.25, -0.2) is 18.0 Å². The third-order valence-corrected chi connectivity index (χ3v) is 6.24. The van der Waals surface area contributed by atoms with Crippen LogP contribution in [0.2, 0.25) is 0 Å². The van der Waals surface area contributed by atoms with Gasteiger partial charge in [0.05, 0.1) is 6.54 Å². The summed E-state index contributed by atoms with van der Waals surface area (Å²) in [4.78, 5) is 17.1. The number of piperidine rings is 2. The van der Waals surface area contributed by atoms with Gasteiger partial charge in [-0.1, -0.05) is 5.16 Å². The maximum absolute atomic E-state index is 15.3. The van der Waals surface area contributed by atoms with Crippen LogP contribution in [0.5, 0.6) is 5.75 Å². The lowest BCUT2D eigenvalue weighted by Gasteiger charge is -2.35. The summed E-state index contributed by atoms with van der Waals surface area (Å²) >= 11 is 0. The standard InChI is InChI=1S/C21H22F6N4O4/c22-14-9-12(20(24)3-7-31(8-4-20)19(32)33)10-15(23)17(14)34-13-1-5-30(6-2-13)11-16-28-18(29-35-16)21(25,26)27/h9-10,13H,1-8,11H2,(H,32,33). The Balaban J connectivity index is 1.34. The van der Waals surface area contributed by atoms with Crippen LogP contribution in [0.1, 0.15) is 43.0 Å². The maximum atomic E-state index is 15.3. The molecule has 0 aliphatic carbocycles. The molecular weight excluding hydrogens is 486 g/mol. The second-order valence-corrected chi connectivity index (χ2v) is 8.61. The molecule has 0 atom stereocenters. The van der Waals surface area contributed by atoms with E-state index in [0.29, 0.717) is 25.9 Å². The van der Waals surface area contributed by atoms with E-state index in [-0.39, 0.29) is 43.9 Å². The van der Waals surface area contributed by atoms with E-state index in [1.54, 1.807) is 4.90 Å². The number of nitrogens with zero attached hydrogens (tertiary/aromatic N) is 4. The summed E-state index contributed by atoms with van der Waals surface area (Å²) in [5.41, 5.74) is -2.27. The van der Waals surface area contributed by atoms with E-state index in [4.69, 9.17) is 9.84 Å². The lowest BCUT2D eigenvalue weighted by Crippen LogP contribution is -2.42. The number of carboxylic acid groups (broad SMARTS) is 1. The van der Waals surface area contributed by atoms with Crippen molar-refractivity contribution in [3.63, 3.8) is 0 Å². The third-order valence-electron chi connectivity index (χ3n) is 6.24. The largest absolute Gasteiger partial charge is 0.484 e. The maximum Gasteiger partial charge on any atom is 0.455 e. The van der Waals surface area contributed by atoms with Crippen LogP contribution >= 0.6 is 0 Å². The van der Waals surface area contributed by atoms with Gasteiger partial charge in [-0.3, -0.25) is 4.90 Å². The molecule has 35 heavy (non-hydrogen) atoms. The number of amides is 1. The smallest absolute Gasteiger partial charge is 0.455 e. The normalized spacial score (nSPS) is 19.7. The molecule has 1 aromatic heterocycles. The number of hydrogen-bond acceptors (Lipinski definition) is 6. The molecule has 1 N–H and O–H groups in total. The van der Waals surface area contributed by atoms with E-state index in [1.807, 2.05) is 0 Å². The van der Waals surface area contributed by atoms with Crippen molar-refractivity contribution in [3.05, 3.63) is 41.0 Å². The number of carbonyl (C=O) groups is 1. The molecule has 3 heterocycles. The molecule has 1 aromatic carbocycles. The third kappa shape index (κ3) is 5.63. The molecule has 8 nitrogen and oxygen atoms in total. The predicted molar refractivity (Wildman–Crippen MR) is 106 cm³/mol. The van der Waals surface area contributed by atoms with E-state index in [2.05, 4.69) is 14.7 Å². The van der Waals surface area contributed by atoms with Crippen molar-refractivity contribution in [2.75, 3.05) is 26.2 Å². The summed E-state index contributed by atoms with van der Waals surface area (Å²) in [6.45, 7) is 0.512. The van der Waals surface area contributed by atoms with Crippen LogP contribution in [0, 0.1) is 11.6 Å². The van der Waals surface area contributed by atoms with Gasteiger partial charge in [-0.15, -0.1) is 0 Å². The van der Waals surface area contributed by atoms with Crippen LogP contribution in [0.3, 0.4) is 0 Å². The van der Waals surface area contributed by atoms with Crippen molar-refractivity contribution in [2.45, 2.75) is 50.2 Å². The molecule has 2 aliphatic rings. The number of likely N-dealkylation sites (tertiary alicyclic amines) is 2. The van der Waals surface area contributed by atoms with Crippen LogP contribution in [0.15, 0.2) is 16.7 Å². The van der Waals surface area contributed by atoms with Crippen molar-refractivity contribution in [1.82, 2.24) is 19.9 Å². The van der Waals surface area contributed by atoms with Gasteiger partial charge >= 0.3 is 12.3 Å². The Labute approximate surface area is 195 Å². The molecule has 14 heteroatoms. The molecular formula is C21H22F6N4O4. The monoisotopic (exact) mass is 508 g/mol. The number of ether oxygens (including phenoxy) is 1. The Morgan fingerprint density at radius 2 is 1.74 bits per heavy atom. The summed E-state index contributed by atoms with van der Waals surface area (Å²) in [6.07, 6.45) is -6.22. The van der Waals surface area contributed by atoms with E-state index in [0.717, 1.165) is 17.0 Å². The molecule has 4 rings (SSSR count). The lowest BCUT2D eigenvalue weighted by atomic mass is 9.86. The summed E-state index contributed by atoms with van der Waals surface area (Å²) < 4.78 is 92.5. The summed E-state index contributed by atoms with van der Waals surface area (Å²) in [7, 11) is 0. The molecule has 0 spiro atoms. The minimum atomic E-state index is -4.70. The van der Waals surface area contributed by atoms with Gasteiger partial charge in [0.25, 0.3) is 5.82 Å². The van der Waals surface area contributed by atoms with E-state index in [1.165, 1.54) is 0 Å². The van der Waals surface area contributed by atoms with Crippen LogP contribution < -0.4 is 4.74 Å². The van der Waals surface area contributed by atoms with E-state index in [9.17, 15) is 26.7 Å². The summed E-state index contributed by atoms with van der Waals surface area (Å²) in [5.74, 6) is -4.32. The van der Waals surface area contributed by atoms with Gasteiger partial charge in [0.2, 0.25) is 5.89 Å². The van der Waals surface area contributed by atoms with Gasteiger partial charge < -0.3 is 19.3 Å². The molecule has 2 aliphatic heterocycles. The Hall–Kier alpha value is -3.03. The highest BCUT2D eigenvalue weighted by molar-refractivity contribution is 5.65. The zero-order valence-corrected chi connectivity index (χ0v) is 18.3. The number of hydrogen-bond donors (Lipinski definition) is 1. The van der Waals surface area contributed by atoms with Crippen molar-refractivity contribution in [3.8, 4) is 5.75 Å². The first-order chi connectivity index (χ1) is 16.4. The van der Waals surface area contributed by atoms with Crippen molar-refractivity contribution in [1.29, 1.82) is 0 Å². The number of benzene rings is 1. The minimum Gasteiger partial charge on any atom is -0.484 e. The zero-order valence-electron chi connectivity index (χ0n) is 18.3. The molecule has 0 saturated carbocycles. The first-order valence-electron chi connectivity index (χ1n) is 10.9.